The summed E-state index contributed by atoms with van der Waals surface area (Å²) in [7, 11) is 0. The highest BCUT2D eigenvalue weighted by Crippen LogP contribution is 2.26. The van der Waals surface area contributed by atoms with Crippen LogP contribution in [-0.4, -0.2) is 17.7 Å². The van der Waals surface area contributed by atoms with E-state index < -0.39 is 6.10 Å². The Morgan fingerprint density at radius 3 is 2.50 bits per heavy atom. The lowest BCUT2D eigenvalue weighted by Crippen LogP contribution is -2.37. The topological polar surface area (TPSA) is 32.3 Å². The molecule has 1 aliphatic rings. The lowest BCUT2D eigenvalue weighted by molar-refractivity contribution is 0.161. The lowest BCUT2D eigenvalue weighted by atomic mass is 9.84. The van der Waals surface area contributed by atoms with Gasteiger partial charge in [0.15, 0.2) is 0 Å². The van der Waals surface area contributed by atoms with Crippen molar-refractivity contribution >= 4 is 0 Å². The van der Waals surface area contributed by atoms with Crippen molar-refractivity contribution in [1.82, 2.24) is 5.32 Å². The van der Waals surface area contributed by atoms with Crippen LogP contribution in [0.4, 0.5) is 0 Å². The number of nitrogens with one attached hydrogen (secondary N) is 1. The van der Waals surface area contributed by atoms with Gasteiger partial charge in [0, 0.05) is 12.6 Å². The third-order valence-electron chi connectivity index (χ3n) is 4.17. The predicted molar refractivity (Wildman–Crippen MR) is 75.4 cm³/mol. The van der Waals surface area contributed by atoms with E-state index in [2.05, 4.69) is 12.2 Å². The highest BCUT2D eigenvalue weighted by molar-refractivity contribution is 5.17. The van der Waals surface area contributed by atoms with Crippen LogP contribution in [-0.2, 0) is 0 Å². The van der Waals surface area contributed by atoms with Crippen LogP contribution in [0, 0.1) is 5.92 Å². The molecule has 2 atom stereocenters. The van der Waals surface area contributed by atoms with Gasteiger partial charge in [-0.3, -0.25) is 0 Å². The van der Waals surface area contributed by atoms with Crippen molar-refractivity contribution in [1.29, 1.82) is 0 Å². The van der Waals surface area contributed by atoms with Gasteiger partial charge in [0.1, 0.15) is 0 Å². The largest absolute Gasteiger partial charge is 0.387 e. The van der Waals surface area contributed by atoms with Crippen molar-refractivity contribution in [3.63, 3.8) is 0 Å². The van der Waals surface area contributed by atoms with E-state index >= 15 is 0 Å². The molecule has 0 saturated heterocycles. The second kappa shape index (κ2) is 6.91. The summed E-state index contributed by atoms with van der Waals surface area (Å²) in [6.45, 7) is 2.91. The fraction of sp³-hybridized carbons (Fsp3) is 0.625. The zero-order valence-electron chi connectivity index (χ0n) is 11.3. The Labute approximate surface area is 110 Å². The van der Waals surface area contributed by atoms with E-state index in [0.717, 1.165) is 11.5 Å². The van der Waals surface area contributed by atoms with E-state index in [4.69, 9.17) is 0 Å². The van der Waals surface area contributed by atoms with Gasteiger partial charge in [0.05, 0.1) is 6.10 Å². The van der Waals surface area contributed by atoms with Gasteiger partial charge >= 0.3 is 0 Å². The molecule has 2 nitrogen and oxygen atoms in total. The molecule has 1 unspecified atom stereocenters. The first kappa shape index (κ1) is 13.6. The molecule has 0 aromatic heterocycles. The summed E-state index contributed by atoms with van der Waals surface area (Å²) in [5, 5.41) is 13.6. The van der Waals surface area contributed by atoms with Crippen LogP contribution in [0.15, 0.2) is 30.3 Å². The first-order chi connectivity index (χ1) is 8.77. The van der Waals surface area contributed by atoms with E-state index in [1.54, 1.807) is 0 Å². The van der Waals surface area contributed by atoms with Gasteiger partial charge in [0.25, 0.3) is 0 Å². The highest BCUT2D eigenvalue weighted by Gasteiger charge is 2.20. The summed E-state index contributed by atoms with van der Waals surface area (Å²) >= 11 is 0. The zero-order chi connectivity index (χ0) is 12.8. The van der Waals surface area contributed by atoms with Crippen molar-refractivity contribution in [2.45, 2.75) is 51.2 Å². The van der Waals surface area contributed by atoms with Crippen LogP contribution < -0.4 is 5.32 Å². The Morgan fingerprint density at radius 2 is 1.83 bits per heavy atom. The molecule has 1 aromatic carbocycles. The van der Waals surface area contributed by atoms with Gasteiger partial charge in [-0.05, 0) is 31.2 Å². The second-order valence-electron chi connectivity index (χ2n) is 5.52. The average Bonchev–Trinajstić information content (AvgIpc) is 2.46. The smallest absolute Gasteiger partial charge is 0.0914 e. The van der Waals surface area contributed by atoms with Crippen LogP contribution in [0.5, 0.6) is 0 Å². The number of aliphatic hydroxyl groups is 1. The highest BCUT2D eigenvalue weighted by atomic mass is 16.3. The number of benzene rings is 1. The van der Waals surface area contributed by atoms with E-state index in [-0.39, 0.29) is 0 Å². The molecule has 2 N–H and O–H groups in total. The Balaban J connectivity index is 1.76. The summed E-state index contributed by atoms with van der Waals surface area (Å²) in [4.78, 5) is 0. The summed E-state index contributed by atoms with van der Waals surface area (Å²) < 4.78 is 0. The summed E-state index contributed by atoms with van der Waals surface area (Å²) in [5.74, 6) is 0.793. The van der Waals surface area contributed by atoms with Gasteiger partial charge in [-0.25, -0.2) is 0 Å². The molecule has 0 heterocycles. The normalized spacial score (nSPS) is 20.6. The van der Waals surface area contributed by atoms with Crippen molar-refractivity contribution in [3.05, 3.63) is 35.9 Å². The molecule has 0 spiro atoms. The first-order valence-electron chi connectivity index (χ1n) is 7.24. The summed E-state index contributed by atoms with van der Waals surface area (Å²) in [6.07, 6.45) is 6.44. The summed E-state index contributed by atoms with van der Waals surface area (Å²) in [5.41, 5.74) is 1.00. The number of hydrogen-bond donors (Lipinski definition) is 2. The van der Waals surface area contributed by atoms with E-state index in [0.29, 0.717) is 12.6 Å². The second-order valence-corrected chi connectivity index (χ2v) is 5.52. The van der Waals surface area contributed by atoms with Crippen LogP contribution in [0.2, 0.25) is 0 Å². The maximum atomic E-state index is 10.1. The van der Waals surface area contributed by atoms with Crippen LogP contribution in [0.25, 0.3) is 0 Å². The van der Waals surface area contributed by atoms with E-state index in [1.807, 2.05) is 30.3 Å². The molecule has 1 aromatic rings. The minimum Gasteiger partial charge on any atom is -0.387 e. The minimum atomic E-state index is -0.391. The molecule has 0 radical (unpaired) electrons. The van der Waals surface area contributed by atoms with Crippen molar-refractivity contribution in [3.8, 4) is 0 Å². The molecule has 2 rings (SSSR count). The van der Waals surface area contributed by atoms with Gasteiger partial charge in [-0.2, -0.15) is 0 Å². The molecule has 0 amide bonds. The van der Waals surface area contributed by atoms with Crippen molar-refractivity contribution in [2.24, 2.45) is 5.92 Å². The third-order valence-corrected chi connectivity index (χ3v) is 4.17. The Bertz CT molecular complexity index is 332. The lowest BCUT2D eigenvalue weighted by Gasteiger charge is -2.29. The molecule has 1 aliphatic carbocycles. The SMILES string of the molecule is C[C@@H](NCC(O)c1ccccc1)C1CCCCC1. The standard InChI is InChI=1S/C16H25NO/c1-13(14-8-4-2-5-9-14)17-12-16(18)15-10-6-3-7-11-15/h3,6-7,10-11,13-14,16-18H,2,4-5,8-9,12H2,1H3/t13-,16?/m1/s1. The molecule has 100 valence electrons. The molecular weight excluding hydrogens is 222 g/mol. The Morgan fingerprint density at radius 1 is 1.17 bits per heavy atom. The fourth-order valence-electron chi connectivity index (χ4n) is 2.89. The molecular formula is C16H25NO. The van der Waals surface area contributed by atoms with Gasteiger partial charge in [0.2, 0.25) is 0 Å². The number of hydrogen-bond acceptors (Lipinski definition) is 2. The maximum absolute atomic E-state index is 10.1. The van der Waals surface area contributed by atoms with Gasteiger partial charge in [-0.1, -0.05) is 49.6 Å². The van der Waals surface area contributed by atoms with Crippen molar-refractivity contribution in [2.75, 3.05) is 6.54 Å². The predicted octanol–water partition coefficient (Wildman–Crippen LogP) is 3.28. The van der Waals surface area contributed by atoms with Crippen LogP contribution >= 0.6 is 0 Å². The first-order valence-corrected chi connectivity index (χ1v) is 7.24. The Kier molecular flexibility index (Phi) is 5.21. The minimum absolute atomic E-state index is 0.391. The zero-order valence-corrected chi connectivity index (χ0v) is 11.3. The monoisotopic (exact) mass is 247 g/mol. The molecule has 0 aliphatic heterocycles. The van der Waals surface area contributed by atoms with Crippen molar-refractivity contribution < 1.29 is 5.11 Å². The maximum Gasteiger partial charge on any atom is 0.0914 e. The van der Waals surface area contributed by atoms with Gasteiger partial charge < -0.3 is 10.4 Å². The molecule has 18 heavy (non-hydrogen) atoms. The van der Waals surface area contributed by atoms with E-state index in [9.17, 15) is 5.11 Å². The number of rotatable bonds is 5. The molecule has 2 heteroatoms. The van der Waals surface area contributed by atoms with E-state index in [1.165, 1.54) is 32.1 Å². The average molecular weight is 247 g/mol. The number of aliphatic hydroxyl groups excluding tert-OH is 1. The quantitative estimate of drug-likeness (QED) is 0.837. The molecule has 1 saturated carbocycles. The summed E-state index contributed by atoms with van der Waals surface area (Å²) in [6, 6.07) is 10.4. The van der Waals surface area contributed by atoms with Crippen LogP contribution in [0.3, 0.4) is 0 Å². The van der Waals surface area contributed by atoms with Gasteiger partial charge in [-0.15, -0.1) is 0 Å². The molecule has 1 fully saturated rings. The van der Waals surface area contributed by atoms with Crippen LogP contribution in [0.1, 0.15) is 50.7 Å². The third kappa shape index (κ3) is 3.82. The fourth-order valence-corrected chi connectivity index (χ4v) is 2.89. The Hall–Kier alpha value is -0.860. The molecule has 0 bridgehead atoms.